The van der Waals surface area contributed by atoms with E-state index in [0.717, 1.165) is 15.1 Å². The molecule has 4 rings (SSSR count). The van der Waals surface area contributed by atoms with E-state index in [2.05, 4.69) is 9.98 Å². The number of aromatic hydroxyl groups is 1. The van der Waals surface area contributed by atoms with Gasteiger partial charge in [0.1, 0.15) is 5.56 Å². The Bertz CT molecular complexity index is 1250. The van der Waals surface area contributed by atoms with Crippen molar-refractivity contribution in [1.82, 2.24) is 9.55 Å². The molecule has 26 heavy (non-hydrogen) atoms. The summed E-state index contributed by atoms with van der Waals surface area (Å²) in [6.45, 7) is 0. The molecule has 2 N–H and O–H groups in total. The minimum absolute atomic E-state index is 0.0534. The molecule has 2 heterocycles. The summed E-state index contributed by atoms with van der Waals surface area (Å²) in [7, 11) is 0. The predicted molar refractivity (Wildman–Crippen MR) is 99.0 cm³/mol. The van der Waals surface area contributed by atoms with Crippen LogP contribution in [0.25, 0.3) is 17.8 Å². The molecule has 0 atom stereocenters. The first kappa shape index (κ1) is 16.1. The monoisotopic (exact) mass is 365 g/mol. The molecule has 1 aromatic heterocycles. The third-order valence-electron chi connectivity index (χ3n) is 3.99. The molecule has 3 aromatic rings. The van der Waals surface area contributed by atoms with Gasteiger partial charge in [0.05, 0.1) is 16.7 Å². The van der Waals surface area contributed by atoms with Gasteiger partial charge in [0, 0.05) is 10.2 Å². The largest absolute Gasteiger partial charge is 0.494 e. The zero-order chi connectivity index (χ0) is 18.3. The Hall–Kier alpha value is -3.38. The molecule has 0 spiro atoms. The molecule has 0 fully saturated rings. The van der Waals surface area contributed by atoms with E-state index in [4.69, 9.17) is 11.6 Å². The third-order valence-corrected chi connectivity index (χ3v) is 4.24. The molecule has 1 aliphatic heterocycles. The zero-order valence-corrected chi connectivity index (χ0v) is 14.1. The molecule has 0 radical (unpaired) electrons. The normalized spacial score (nSPS) is 14.0. The summed E-state index contributed by atoms with van der Waals surface area (Å²) in [5.41, 5.74) is -0.601. The first-order valence-corrected chi connectivity index (χ1v) is 8.12. The van der Waals surface area contributed by atoms with Gasteiger partial charge in [-0.15, -0.1) is 0 Å². The van der Waals surface area contributed by atoms with E-state index >= 15 is 0 Å². The van der Waals surface area contributed by atoms with Gasteiger partial charge in [-0.05, 0) is 42.5 Å². The van der Waals surface area contributed by atoms with Gasteiger partial charge in [0.25, 0.3) is 5.56 Å². The van der Waals surface area contributed by atoms with Gasteiger partial charge in [0.2, 0.25) is 5.88 Å². The minimum Gasteiger partial charge on any atom is -0.494 e. The SMILES string of the molecule is O=c1[nH]c(=O)n(-c2ccc(Cl)cc2)c(O)c1/C=C1\C=c2ccccc2=N1. The fourth-order valence-electron chi connectivity index (χ4n) is 2.76. The molecule has 0 saturated carbocycles. The number of hydrogen-bond donors (Lipinski definition) is 2. The number of aromatic amines is 1. The van der Waals surface area contributed by atoms with Gasteiger partial charge < -0.3 is 5.11 Å². The van der Waals surface area contributed by atoms with Crippen LogP contribution < -0.4 is 21.8 Å². The molecule has 0 amide bonds. The maximum Gasteiger partial charge on any atom is 0.335 e. The highest BCUT2D eigenvalue weighted by atomic mass is 35.5. The highest BCUT2D eigenvalue weighted by molar-refractivity contribution is 6.30. The maximum atomic E-state index is 12.2. The highest BCUT2D eigenvalue weighted by Crippen LogP contribution is 2.20. The van der Waals surface area contributed by atoms with Gasteiger partial charge >= 0.3 is 5.69 Å². The van der Waals surface area contributed by atoms with Crippen molar-refractivity contribution in [3.8, 4) is 11.6 Å². The van der Waals surface area contributed by atoms with Crippen molar-refractivity contribution in [3.63, 3.8) is 0 Å². The lowest BCUT2D eigenvalue weighted by molar-refractivity contribution is 0.429. The zero-order valence-electron chi connectivity index (χ0n) is 13.3. The molecular formula is C19H12ClN3O3. The lowest BCUT2D eigenvalue weighted by Gasteiger charge is -2.10. The number of nitrogens with zero attached hydrogens (tertiary/aromatic N) is 2. The summed E-state index contributed by atoms with van der Waals surface area (Å²) < 4.78 is 1.01. The van der Waals surface area contributed by atoms with Crippen molar-refractivity contribution >= 4 is 23.8 Å². The van der Waals surface area contributed by atoms with E-state index in [1.54, 1.807) is 30.3 Å². The summed E-state index contributed by atoms with van der Waals surface area (Å²) in [6.07, 6.45) is 3.24. The number of halogens is 1. The van der Waals surface area contributed by atoms with E-state index in [9.17, 15) is 14.7 Å². The van der Waals surface area contributed by atoms with Crippen LogP contribution in [-0.2, 0) is 0 Å². The molecule has 0 aliphatic carbocycles. The van der Waals surface area contributed by atoms with Gasteiger partial charge in [0.15, 0.2) is 0 Å². The average Bonchev–Trinajstić information content (AvgIpc) is 3.03. The summed E-state index contributed by atoms with van der Waals surface area (Å²) in [4.78, 5) is 31.0. The van der Waals surface area contributed by atoms with Crippen molar-refractivity contribution in [3.05, 3.63) is 96.2 Å². The number of hydrogen-bond acceptors (Lipinski definition) is 4. The van der Waals surface area contributed by atoms with Crippen LogP contribution in [0.2, 0.25) is 5.02 Å². The number of H-pyrrole nitrogens is 1. The highest BCUT2D eigenvalue weighted by Gasteiger charge is 2.15. The molecule has 0 bridgehead atoms. The number of nitrogens with one attached hydrogen (secondary N) is 1. The lowest BCUT2D eigenvalue weighted by Crippen LogP contribution is -2.30. The van der Waals surface area contributed by atoms with Crippen LogP contribution in [0.5, 0.6) is 5.88 Å². The van der Waals surface area contributed by atoms with Crippen LogP contribution in [0, 0.1) is 0 Å². The standard InChI is InChI=1S/C19H12ClN3O3/c20-12-5-7-14(8-6-12)23-18(25)15(17(24)22-19(23)26)10-13-9-11-3-1-2-4-16(11)21-13/h1-10,25H,(H,22,24,26)/b13-10+. The Morgan fingerprint density at radius 1 is 1.08 bits per heavy atom. The van der Waals surface area contributed by atoms with Gasteiger partial charge in [-0.2, -0.15) is 0 Å². The average molecular weight is 366 g/mol. The number of benzene rings is 2. The van der Waals surface area contributed by atoms with Crippen LogP contribution in [0.1, 0.15) is 5.56 Å². The summed E-state index contributed by atoms with van der Waals surface area (Å²) in [6, 6.07) is 13.8. The van der Waals surface area contributed by atoms with Gasteiger partial charge in [-0.1, -0.05) is 29.8 Å². The number of fused-ring (bicyclic) bond motifs is 1. The number of allylic oxidation sites excluding steroid dienone is 1. The van der Waals surface area contributed by atoms with Gasteiger partial charge in [-0.25, -0.2) is 14.4 Å². The fraction of sp³-hybridized carbons (Fsp3) is 0. The Balaban J connectivity index is 1.91. The Morgan fingerprint density at radius 3 is 2.54 bits per heavy atom. The Morgan fingerprint density at radius 2 is 1.81 bits per heavy atom. The van der Waals surface area contributed by atoms with Crippen LogP contribution in [0.15, 0.2) is 68.8 Å². The molecule has 0 unspecified atom stereocenters. The van der Waals surface area contributed by atoms with Crippen molar-refractivity contribution < 1.29 is 5.11 Å². The van der Waals surface area contributed by atoms with Crippen LogP contribution in [-0.4, -0.2) is 14.7 Å². The number of rotatable bonds is 2. The topological polar surface area (TPSA) is 87.5 Å². The molecule has 128 valence electrons. The summed E-state index contributed by atoms with van der Waals surface area (Å²) in [5, 5.41) is 12.7. The van der Waals surface area contributed by atoms with Gasteiger partial charge in [-0.3, -0.25) is 9.78 Å². The van der Waals surface area contributed by atoms with Crippen molar-refractivity contribution in [2.24, 2.45) is 4.99 Å². The predicted octanol–water partition coefficient (Wildman–Crippen LogP) is 1.34. The van der Waals surface area contributed by atoms with Crippen LogP contribution >= 0.6 is 11.6 Å². The van der Waals surface area contributed by atoms with E-state index in [1.807, 2.05) is 24.3 Å². The lowest BCUT2D eigenvalue weighted by atomic mass is 10.2. The maximum absolute atomic E-state index is 12.2. The van der Waals surface area contributed by atoms with Crippen LogP contribution in [0.4, 0.5) is 0 Å². The van der Waals surface area contributed by atoms with E-state index in [0.29, 0.717) is 16.4 Å². The van der Waals surface area contributed by atoms with Crippen molar-refractivity contribution in [1.29, 1.82) is 0 Å². The van der Waals surface area contributed by atoms with Crippen LogP contribution in [0.3, 0.4) is 0 Å². The molecule has 2 aromatic carbocycles. The second-order valence-corrected chi connectivity index (χ2v) is 6.13. The fourth-order valence-corrected chi connectivity index (χ4v) is 2.89. The molecular weight excluding hydrogens is 354 g/mol. The first-order valence-electron chi connectivity index (χ1n) is 7.74. The first-order chi connectivity index (χ1) is 12.5. The van der Waals surface area contributed by atoms with E-state index in [1.165, 1.54) is 6.08 Å². The second-order valence-electron chi connectivity index (χ2n) is 5.69. The molecule has 7 heteroatoms. The smallest absolute Gasteiger partial charge is 0.335 e. The molecule has 1 aliphatic rings. The Kier molecular flexibility index (Phi) is 3.82. The van der Waals surface area contributed by atoms with Crippen molar-refractivity contribution in [2.75, 3.05) is 0 Å². The third kappa shape index (κ3) is 2.76. The minimum atomic E-state index is -0.743. The number of para-hydroxylation sites is 1. The van der Waals surface area contributed by atoms with E-state index in [-0.39, 0.29) is 5.56 Å². The van der Waals surface area contributed by atoms with E-state index < -0.39 is 17.1 Å². The molecule has 0 saturated heterocycles. The second kappa shape index (κ2) is 6.16. The summed E-state index contributed by atoms with van der Waals surface area (Å²) in [5.74, 6) is -0.465. The Labute approximate surface area is 151 Å². The number of aromatic nitrogens is 2. The summed E-state index contributed by atoms with van der Waals surface area (Å²) >= 11 is 5.86. The molecule has 6 nitrogen and oxygen atoms in total. The van der Waals surface area contributed by atoms with Crippen molar-refractivity contribution in [2.45, 2.75) is 0 Å². The quantitative estimate of drug-likeness (QED) is 0.718.